The number of anilines is 1. The zero-order chi connectivity index (χ0) is 21.8. The van der Waals surface area contributed by atoms with E-state index in [0.717, 1.165) is 48.3 Å². The number of nitrogens with one attached hydrogen (secondary N) is 1. The fraction of sp³-hybridized carbons (Fsp3) is 0.455. The van der Waals surface area contributed by atoms with Gasteiger partial charge >= 0.3 is 0 Å². The van der Waals surface area contributed by atoms with Crippen LogP contribution >= 0.6 is 23.1 Å². The van der Waals surface area contributed by atoms with Gasteiger partial charge < -0.3 is 4.52 Å². The van der Waals surface area contributed by atoms with E-state index in [-0.39, 0.29) is 5.91 Å². The number of amides is 1. The van der Waals surface area contributed by atoms with Crippen molar-refractivity contribution in [2.75, 3.05) is 18.4 Å². The van der Waals surface area contributed by atoms with Gasteiger partial charge in [0.15, 0.2) is 5.13 Å². The molecule has 1 saturated heterocycles. The van der Waals surface area contributed by atoms with Gasteiger partial charge in [0.2, 0.25) is 0 Å². The molecule has 31 heavy (non-hydrogen) atoms. The van der Waals surface area contributed by atoms with Gasteiger partial charge in [-0.3, -0.25) is 15.0 Å². The van der Waals surface area contributed by atoms with Gasteiger partial charge in [0, 0.05) is 29.4 Å². The minimum atomic E-state index is -0.193. The highest BCUT2D eigenvalue weighted by Crippen LogP contribution is 2.28. The molecule has 0 radical (unpaired) electrons. The number of carbonyl (C=O) groups excluding carboxylic acids is 1. The maximum Gasteiger partial charge on any atom is 0.260 e. The first-order valence-corrected chi connectivity index (χ1v) is 12.3. The summed E-state index contributed by atoms with van der Waals surface area (Å²) in [7, 11) is 0. The number of rotatable bonds is 7. The Morgan fingerprint density at radius 3 is 2.90 bits per heavy atom. The molecule has 0 unspecified atom stereocenters. The molecule has 0 aliphatic carbocycles. The Labute approximate surface area is 190 Å². The molecule has 0 bridgehead atoms. The van der Waals surface area contributed by atoms with E-state index in [2.05, 4.69) is 32.3 Å². The number of hydrogen-bond donors (Lipinski definition) is 1. The first-order valence-electron chi connectivity index (χ1n) is 10.5. The average Bonchev–Trinajstić information content (AvgIpc) is 3.34. The van der Waals surface area contributed by atoms with Crippen LogP contribution in [0, 0.1) is 19.8 Å². The van der Waals surface area contributed by atoms with E-state index < -0.39 is 0 Å². The molecule has 3 aromatic heterocycles. The number of thiazole rings is 1. The summed E-state index contributed by atoms with van der Waals surface area (Å²) in [5, 5.41) is 10.3. The lowest BCUT2D eigenvalue weighted by Gasteiger charge is -2.29. The van der Waals surface area contributed by atoms with Crippen LogP contribution in [-0.4, -0.2) is 39.0 Å². The maximum absolute atomic E-state index is 12.9. The molecular formula is C22H27N5O2S2. The number of aryl methyl sites for hydroxylation is 2. The third-order valence-corrected chi connectivity index (χ3v) is 7.42. The Kier molecular flexibility index (Phi) is 7.04. The normalized spacial score (nSPS) is 15.3. The van der Waals surface area contributed by atoms with Crippen molar-refractivity contribution < 1.29 is 9.32 Å². The molecule has 1 aliphatic rings. The second-order valence-electron chi connectivity index (χ2n) is 8.00. The molecule has 164 valence electrons. The topological polar surface area (TPSA) is 84.1 Å². The molecule has 3 aromatic rings. The van der Waals surface area contributed by atoms with E-state index in [1.54, 1.807) is 18.3 Å². The van der Waals surface area contributed by atoms with Crippen LogP contribution in [0.1, 0.15) is 52.8 Å². The molecule has 1 aliphatic heterocycles. The quantitative estimate of drug-likeness (QED) is 0.504. The van der Waals surface area contributed by atoms with Crippen molar-refractivity contribution in [1.29, 1.82) is 0 Å². The van der Waals surface area contributed by atoms with E-state index in [9.17, 15) is 4.79 Å². The average molecular weight is 458 g/mol. The van der Waals surface area contributed by atoms with E-state index in [1.165, 1.54) is 35.9 Å². The molecule has 7 nitrogen and oxygen atoms in total. The van der Waals surface area contributed by atoms with E-state index in [0.29, 0.717) is 21.5 Å². The number of pyridine rings is 1. The number of piperidine rings is 1. The summed E-state index contributed by atoms with van der Waals surface area (Å²) < 4.78 is 5.23. The number of likely N-dealkylation sites (tertiary alicyclic amines) is 1. The maximum atomic E-state index is 12.9. The molecule has 1 N–H and O–H groups in total. The monoisotopic (exact) mass is 457 g/mol. The van der Waals surface area contributed by atoms with E-state index in [1.807, 2.05) is 19.2 Å². The second-order valence-corrected chi connectivity index (χ2v) is 9.83. The van der Waals surface area contributed by atoms with Gasteiger partial charge in [-0.1, -0.05) is 12.1 Å². The third kappa shape index (κ3) is 5.53. The van der Waals surface area contributed by atoms with Crippen LogP contribution in [0.2, 0.25) is 0 Å². The predicted molar refractivity (Wildman–Crippen MR) is 124 cm³/mol. The Bertz CT molecular complexity index is 1020. The van der Waals surface area contributed by atoms with Gasteiger partial charge in [0.1, 0.15) is 10.8 Å². The number of thioether (sulfide) groups is 1. The fourth-order valence-corrected chi connectivity index (χ4v) is 5.42. The third-order valence-electron chi connectivity index (χ3n) is 5.58. The summed E-state index contributed by atoms with van der Waals surface area (Å²) >= 11 is 2.97. The summed E-state index contributed by atoms with van der Waals surface area (Å²) in [5.41, 5.74) is 3.46. The molecular weight excluding hydrogens is 430 g/mol. The van der Waals surface area contributed by atoms with Gasteiger partial charge in [0.25, 0.3) is 5.91 Å². The molecule has 4 heterocycles. The minimum Gasteiger partial charge on any atom is -0.361 e. The van der Waals surface area contributed by atoms with Crippen LogP contribution in [0.4, 0.5) is 5.13 Å². The van der Waals surface area contributed by atoms with Crippen molar-refractivity contribution in [3.63, 3.8) is 0 Å². The van der Waals surface area contributed by atoms with Crippen LogP contribution in [0.3, 0.4) is 0 Å². The van der Waals surface area contributed by atoms with Gasteiger partial charge in [-0.2, -0.15) is 0 Å². The Balaban J connectivity index is 1.38. The van der Waals surface area contributed by atoms with Crippen LogP contribution in [0.25, 0.3) is 0 Å². The lowest BCUT2D eigenvalue weighted by atomic mass is 9.99. The van der Waals surface area contributed by atoms with Gasteiger partial charge in [0.05, 0.1) is 17.0 Å². The Morgan fingerprint density at radius 1 is 1.35 bits per heavy atom. The van der Waals surface area contributed by atoms with Crippen LogP contribution in [-0.2, 0) is 12.3 Å². The first-order chi connectivity index (χ1) is 15.0. The number of hydrogen-bond acceptors (Lipinski definition) is 8. The summed E-state index contributed by atoms with van der Waals surface area (Å²) in [6.07, 6.45) is 4.18. The van der Waals surface area contributed by atoms with Crippen LogP contribution in [0.15, 0.2) is 33.3 Å². The van der Waals surface area contributed by atoms with Crippen molar-refractivity contribution in [2.45, 2.75) is 50.9 Å². The summed E-state index contributed by atoms with van der Waals surface area (Å²) in [6.45, 7) is 9.19. The molecule has 9 heteroatoms. The number of carbonyl (C=O) groups is 1. The number of nitrogens with zero attached hydrogens (tertiary/aromatic N) is 4. The van der Waals surface area contributed by atoms with Gasteiger partial charge in [-0.25, -0.2) is 9.97 Å². The second kappa shape index (κ2) is 9.93. The van der Waals surface area contributed by atoms with Gasteiger partial charge in [-0.05, 0) is 57.8 Å². The van der Waals surface area contributed by atoms with Gasteiger partial charge in [-0.15, -0.1) is 23.1 Å². The molecule has 1 amide bonds. The van der Waals surface area contributed by atoms with Crippen LogP contribution < -0.4 is 5.32 Å². The van der Waals surface area contributed by atoms with Crippen molar-refractivity contribution in [3.8, 4) is 0 Å². The lowest BCUT2D eigenvalue weighted by molar-refractivity contribution is 0.102. The summed E-state index contributed by atoms with van der Waals surface area (Å²) in [6, 6.07) is 3.57. The minimum absolute atomic E-state index is 0.193. The Morgan fingerprint density at radius 2 is 2.16 bits per heavy atom. The molecule has 0 spiro atoms. The van der Waals surface area contributed by atoms with Crippen molar-refractivity contribution in [1.82, 2.24) is 20.0 Å². The first kappa shape index (κ1) is 22.0. The highest BCUT2D eigenvalue weighted by Gasteiger charge is 2.19. The van der Waals surface area contributed by atoms with Crippen molar-refractivity contribution >= 4 is 34.1 Å². The Hall–Kier alpha value is -2.23. The lowest BCUT2D eigenvalue weighted by Crippen LogP contribution is -2.32. The predicted octanol–water partition coefficient (Wildman–Crippen LogP) is 4.92. The SMILES string of the molecule is Cc1noc(C)c1CSc1ncccc1C(=O)Nc1nc(CN2CCC(C)CC2)cs1. The highest BCUT2D eigenvalue weighted by atomic mass is 32.2. The fourth-order valence-electron chi connectivity index (χ4n) is 3.58. The molecule has 0 aromatic carbocycles. The standard InChI is InChI=1S/C22H27N5O2S2/c1-14-6-9-27(10-7-14)11-17-12-31-22(24-17)25-20(28)18-5-4-8-23-21(18)30-13-19-15(2)26-29-16(19)3/h4-5,8,12,14H,6-7,9-11,13H2,1-3H3,(H,24,25,28). The zero-order valence-electron chi connectivity index (χ0n) is 18.1. The van der Waals surface area contributed by atoms with Crippen molar-refractivity contribution in [3.05, 3.63) is 52.0 Å². The largest absolute Gasteiger partial charge is 0.361 e. The highest BCUT2D eigenvalue weighted by molar-refractivity contribution is 7.98. The van der Waals surface area contributed by atoms with E-state index >= 15 is 0 Å². The zero-order valence-corrected chi connectivity index (χ0v) is 19.7. The molecule has 0 atom stereocenters. The van der Waals surface area contributed by atoms with Crippen LogP contribution in [0.5, 0.6) is 0 Å². The smallest absolute Gasteiger partial charge is 0.260 e. The van der Waals surface area contributed by atoms with E-state index in [4.69, 9.17) is 4.52 Å². The summed E-state index contributed by atoms with van der Waals surface area (Å²) in [4.78, 5) is 24.4. The molecule has 0 saturated carbocycles. The number of aromatic nitrogens is 3. The summed E-state index contributed by atoms with van der Waals surface area (Å²) in [5.74, 6) is 2.06. The molecule has 4 rings (SSSR count). The molecule has 1 fully saturated rings. The van der Waals surface area contributed by atoms with Crippen molar-refractivity contribution in [2.24, 2.45) is 5.92 Å².